The van der Waals surface area contributed by atoms with Gasteiger partial charge in [0.2, 0.25) is 5.91 Å². The van der Waals surface area contributed by atoms with Crippen molar-refractivity contribution in [1.82, 2.24) is 9.80 Å². The molecular weight excluding hydrogens is 512 g/mol. The van der Waals surface area contributed by atoms with Gasteiger partial charge in [0.15, 0.2) is 0 Å². The summed E-state index contributed by atoms with van der Waals surface area (Å²) in [6.45, 7) is 6.05. The lowest BCUT2D eigenvalue weighted by molar-refractivity contribution is -0.144. The molecule has 1 fully saturated rings. The monoisotopic (exact) mass is 546 g/mol. The molecule has 3 N–H and O–H groups in total. The van der Waals surface area contributed by atoms with Gasteiger partial charge in [-0.15, -0.1) is 0 Å². The van der Waals surface area contributed by atoms with Gasteiger partial charge < -0.3 is 20.7 Å². The Morgan fingerprint density at radius 2 is 1.73 bits per heavy atom. The van der Waals surface area contributed by atoms with Gasteiger partial charge in [-0.1, -0.05) is 23.7 Å². The number of ether oxygens (including phenoxy) is 1. The average molecular weight is 547 g/mol. The number of piperazine rings is 1. The van der Waals surface area contributed by atoms with Crippen LogP contribution in [0.15, 0.2) is 48.5 Å². The molecule has 1 atom stereocenters. The summed E-state index contributed by atoms with van der Waals surface area (Å²) in [5.74, 6) is 0.263. The molecule has 0 radical (unpaired) electrons. The van der Waals surface area contributed by atoms with E-state index in [0.717, 1.165) is 31.1 Å². The number of hydrogen-bond acceptors (Lipinski definition) is 7. The number of benzene rings is 2. The number of halogens is 1. The van der Waals surface area contributed by atoms with E-state index in [1.165, 1.54) is 17.3 Å². The number of carbonyl (C=O) groups excluding carboxylic acids is 3. The molecule has 3 rings (SSSR count). The average Bonchev–Trinajstić information content (AvgIpc) is 2.91. The molecule has 1 aliphatic rings. The molecule has 1 saturated heterocycles. The van der Waals surface area contributed by atoms with Gasteiger partial charge in [-0.2, -0.15) is 11.8 Å². The molecule has 0 bridgehead atoms. The van der Waals surface area contributed by atoms with E-state index in [1.807, 2.05) is 17.0 Å². The molecule has 2 amide bonds. The van der Waals surface area contributed by atoms with Crippen LogP contribution in [0.4, 0.5) is 5.69 Å². The minimum Gasteiger partial charge on any atom is -0.465 e. The maximum absolute atomic E-state index is 12.9. The first-order valence-corrected chi connectivity index (χ1v) is 14.0. The molecule has 0 spiro atoms. The first-order chi connectivity index (χ1) is 17.9. The highest BCUT2D eigenvalue weighted by Gasteiger charge is 2.22. The Labute approximate surface area is 227 Å². The Morgan fingerprint density at radius 1 is 1.05 bits per heavy atom. The summed E-state index contributed by atoms with van der Waals surface area (Å²) in [5, 5.41) is 3.58. The predicted molar refractivity (Wildman–Crippen MR) is 149 cm³/mol. The summed E-state index contributed by atoms with van der Waals surface area (Å²) < 4.78 is 4.87. The second kappa shape index (κ2) is 15.0. The van der Waals surface area contributed by atoms with E-state index in [2.05, 4.69) is 22.3 Å². The minimum atomic E-state index is -0.669. The van der Waals surface area contributed by atoms with E-state index in [0.29, 0.717) is 43.1 Å². The number of esters is 1. The fourth-order valence-electron chi connectivity index (χ4n) is 3.93. The number of anilines is 1. The van der Waals surface area contributed by atoms with Crippen LogP contribution in [0.25, 0.3) is 0 Å². The molecule has 1 unspecified atom stereocenters. The molecule has 1 heterocycles. The van der Waals surface area contributed by atoms with Gasteiger partial charge in [0.25, 0.3) is 5.91 Å². The maximum atomic E-state index is 12.9. The second-order valence-corrected chi connectivity index (χ2v) is 10.4. The SMILES string of the molecule is CCOC(=O)C(N)CCSCC(=O)Nc1ccc(C(=O)N2CCN(CCc3ccc(Cl)cc3)CC2)cc1. The molecule has 0 saturated carbocycles. The van der Waals surface area contributed by atoms with Crippen molar-refractivity contribution in [3.8, 4) is 0 Å². The Morgan fingerprint density at radius 3 is 2.38 bits per heavy atom. The lowest BCUT2D eigenvalue weighted by Gasteiger charge is -2.34. The topological polar surface area (TPSA) is 105 Å². The highest BCUT2D eigenvalue weighted by atomic mass is 35.5. The van der Waals surface area contributed by atoms with E-state index >= 15 is 0 Å². The zero-order chi connectivity index (χ0) is 26.6. The van der Waals surface area contributed by atoms with Crippen LogP contribution in [0.2, 0.25) is 5.02 Å². The van der Waals surface area contributed by atoms with Crippen LogP contribution in [-0.2, 0) is 20.7 Å². The molecule has 0 aliphatic carbocycles. The molecular formula is C27H35ClN4O4S. The van der Waals surface area contributed by atoms with Crippen LogP contribution in [0.3, 0.4) is 0 Å². The standard InChI is InChI=1S/C27H35ClN4O4S/c1-2-36-27(35)24(29)12-18-37-19-25(33)30-23-9-5-21(6-10-23)26(34)32-16-14-31(15-17-32)13-11-20-3-7-22(28)8-4-20/h3-10,24H,2,11-19,29H2,1H3,(H,30,33). The maximum Gasteiger partial charge on any atom is 0.322 e. The number of hydrogen-bond donors (Lipinski definition) is 2. The molecule has 200 valence electrons. The number of nitrogens with one attached hydrogen (secondary N) is 1. The fourth-order valence-corrected chi connectivity index (χ4v) is 4.88. The third kappa shape index (κ3) is 9.66. The summed E-state index contributed by atoms with van der Waals surface area (Å²) in [5.41, 5.74) is 8.26. The van der Waals surface area contributed by atoms with Crippen molar-refractivity contribution in [2.24, 2.45) is 5.73 Å². The van der Waals surface area contributed by atoms with Crippen molar-refractivity contribution in [1.29, 1.82) is 0 Å². The van der Waals surface area contributed by atoms with E-state index in [1.54, 1.807) is 31.2 Å². The summed E-state index contributed by atoms with van der Waals surface area (Å²) >= 11 is 7.36. The summed E-state index contributed by atoms with van der Waals surface area (Å²) in [4.78, 5) is 40.9. The quantitative estimate of drug-likeness (QED) is 0.311. The normalized spacial score (nSPS) is 14.7. The van der Waals surface area contributed by atoms with Gasteiger partial charge >= 0.3 is 5.97 Å². The van der Waals surface area contributed by atoms with Crippen LogP contribution in [0.5, 0.6) is 0 Å². The van der Waals surface area contributed by atoms with Crippen molar-refractivity contribution in [3.05, 3.63) is 64.7 Å². The highest BCUT2D eigenvalue weighted by Crippen LogP contribution is 2.15. The lowest BCUT2D eigenvalue weighted by atomic mass is 10.1. The summed E-state index contributed by atoms with van der Waals surface area (Å²) in [7, 11) is 0. The molecule has 2 aromatic carbocycles. The van der Waals surface area contributed by atoms with Crippen molar-refractivity contribution in [2.75, 3.05) is 56.2 Å². The third-order valence-corrected chi connectivity index (χ3v) is 7.34. The Kier molecular flexibility index (Phi) is 11.7. The van der Waals surface area contributed by atoms with E-state index in [4.69, 9.17) is 22.1 Å². The second-order valence-electron chi connectivity index (χ2n) is 8.84. The van der Waals surface area contributed by atoms with Gasteiger partial charge in [0.1, 0.15) is 6.04 Å². The first kappa shape index (κ1) is 29.0. The summed E-state index contributed by atoms with van der Waals surface area (Å²) in [6, 6.07) is 14.2. The van der Waals surface area contributed by atoms with Crippen LogP contribution in [0, 0.1) is 0 Å². The fraction of sp³-hybridized carbons (Fsp3) is 0.444. The van der Waals surface area contributed by atoms with Gasteiger partial charge in [-0.25, -0.2) is 0 Å². The number of nitrogens with zero attached hydrogens (tertiary/aromatic N) is 2. The zero-order valence-corrected chi connectivity index (χ0v) is 22.7. The van der Waals surface area contributed by atoms with Crippen molar-refractivity contribution in [3.63, 3.8) is 0 Å². The van der Waals surface area contributed by atoms with Crippen LogP contribution in [0.1, 0.15) is 29.3 Å². The number of nitrogens with two attached hydrogens (primary N) is 1. The highest BCUT2D eigenvalue weighted by molar-refractivity contribution is 7.99. The van der Waals surface area contributed by atoms with Gasteiger partial charge in [0, 0.05) is 49.0 Å². The number of thioether (sulfide) groups is 1. The Hall–Kier alpha value is -2.59. The summed E-state index contributed by atoms with van der Waals surface area (Å²) in [6.07, 6.45) is 1.40. The molecule has 2 aromatic rings. The van der Waals surface area contributed by atoms with Crippen LogP contribution in [-0.4, -0.2) is 84.5 Å². The molecule has 8 nitrogen and oxygen atoms in total. The number of rotatable bonds is 12. The van der Waals surface area contributed by atoms with Crippen molar-refractivity contribution < 1.29 is 19.1 Å². The smallest absolute Gasteiger partial charge is 0.322 e. The van der Waals surface area contributed by atoms with Crippen LogP contribution < -0.4 is 11.1 Å². The minimum absolute atomic E-state index is 0.00345. The molecule has 0 aromatic heterocycles. The predicted octanol–water partition coefficient (Wildman–Crippen LogP) is 3.29. The van der Waals surface area contributed by atoms with Crippen molar-refractivity contribution >= 4 is 46.8 Å². The van der Waals surface area contributed by atoms with Crippen LogP contribution >= 0.6 is 23.4 Å². The van der Waals surface area contributed by atoms with Gasteiger partial charge in [0.05, 0.1) is 12.4 Å². The molecule has 37 heavy (non-hydrogen) atoms. The van der Waals surface area contributed by atoms with Crippen molar-refractivity contribution in [2.45, 2.75) is 25.8 Å². The zero-order valence-electron chi connectivity index (χ0n) is 21.2. The Bertz CT molecular complexity index is 1030. The van der Waals surface area contributed by atoms with E-state index in [9.17, 15) is 14.4 Å². The third-order valence-electron chi connectivity index (χ3n) is 6.10. The first-order valence-electron chi connectivity index (χ1n) is 12.5. The van der Waals surface area contributed by atoms with E-state index < -0.39 is 12.0 Å². The van der Waals surface area contributed by atoms with Gasteiger partial charge in [-0.05, 0) is 67.5 Å². The Balaban J connectivity index is 1.35. The van der Waals surface area contributed by atoms with E-state index in [-0.39, 0.29) is 17.6 Å². The molecule has 1 aliphatic heterocycles. The number of carbonyl (C=O) groups is 3. The lowest BCUT2D eigenvalue weighted by Crippen LogP contribution is -2.49. The number of amides is 2. The molecule has 10 heteroatoms. The van der Waals surface area contributed by atoms with Gasteiger partial charge in [-0.3, -0.25) is 19.3 Å². The largest absolute Gasteiger partial charge is 0.465 e.